The first-order chi connectivity index (χ1) is 10.8. The molecule has 3 rings (SSSR count). The first-order valence-electron chi connectivity index (χ1n) is 6.83. The van der Waals surface area contributed by atoms with Gasteiger partial charge in [0, 0.05) is 10.2 Å². The van der Waals surface area contributed by atoms with E-state index in [1.54, 1.807) is 11.8 Å². The second kappa shape index (κ2) is 7.42. The third-order valence-corrected chi connectivity index (χ3v) is 4.70. The van der Waals surface area contributed by atoms with Gasteiger partial charge < -0.3 is 0 Å². The van der Waals surface area contributed by atoms with Crippen molar-refractivity contribution in [3.63, 3.8) is 0 Å². The SMILES string of the molecule is Brc1ccccc1CSc1n[nH]c(/C=C/c2ccccc2)n1. The van der Waals surface area contributed by atoms with E-state index in [1.165, 1.54) is 5.56 Å². The molecule has 22 heavy (non-hydrogen) atoms. The van der Waals surface area contributed by atoms with Crippen LogP contribution in [0.1, 0.15) is 17.0 Å². The summed E-state index contributed by atoms with van der Waals surface area (Å²) < 4.78 is 1.11. The van der Waals surface area contributed by atoms with Gasteiger partial charge in [0.25, 0.3) is 0 Å². The molecule has 0 saturated carbocycles. The van der Waals surface area contributed by atoms with Crippen LogP contribution in [-0.4, -0.2) is 15.2 Å². The van der Waals surface area contributed by atoms with Gasteiger partial charge >= 0.3 is 0 Å². The third kappa shape index (κ3) is 4.08. The molecule has 0 aliphatic heterocycles. The summed E-state index contributed by atoms with van der Waals surface area (Å²) in [6, 6.07) is 18.3. The van der Waals surface area contributed by atoms with Crippen LogP contribution in [0.5, 0.6) is 0 Å². The molecule has 1 heterocycles. The molecule has 2 aromatic carbocycles. The first-order valence-corrected chi connectivity index (χ1v) is 8.61. The highest BCUT2D eigenvalue weighted by atomic mass is 79.9. The zero-order valence-corrected chi connectivity index (χ0v) is 14.1. The van der Waals surface area contributed by atoms with Crippen molar-refractivity contribution in [3.05, 3.63) is 76.0 Å². The van der Waals surface area contributed by atoms with Crippen LogP contribution in [0.15, 0.2) is 64.2 Å². The Morgan fingerprint density at radius 2 is 1.77 bits per heavy atom. The van der Waals surface area contributed by atoms with Crippen molar-refractivity contribution < 1.29 is 0 Å². The van der Waals surface area contributed by atoms with Crippen LogP contribution in [0.4, 0.5) is 0 Å². The van der Waals surface area contributed by atoms with Crippen LogP contribution in [0, 0.1) is 0 Å². The number of thioether (sulfide) groups is 1. The number of hydrogen-bond donors (Lipinski definition) is 1. The van der Waals surface area contributed by atoms with Crippen LogP contribution in [-0.2, 0) is 5.75 Å². The van der Waals surface area contributed by atoms with E-state index in [4.69, 9.17) is 0 Å². The monoisotopic (exact) mass is 371 g/mol. The fourth-order valence-corrected chi connectivity index (χ4v) is 3.31. The lowest BCUT2D eigenvalue weighted by Gasteiger charge is -2.00. The zero-order valence-electron chi connectivity index (χ0n) is 11.7. The van der Waals surface area contributed by atoms with E-state index in [9.17, 15) is 0 Å². The fraction of sp³-hybridized carbons (Fsp3) is 0.0588. The minimum Gasteiger partial charge on any atom is -0.259 e. The molecule has 3 nitrogen and oxygen atoms in total. The number of halogens is 1. The number of aromatic amines is 1. The smallest absolute Gasteiger partial charge is 0.209 e. The molecule has 0 aliphatic carbocycles. The van der Waals surface area contributed by atoms with Crippen molar-refractivity contribution in [3.8, 4) is 0 Å². The van der Waals surface area contributed by atoms with Crippen LogP contribution in [0.25, 0.3) is 12.2 Å². The van der Waals surface area contributed by atoms with Gasteiger partial charge in [-0.1, -0.05) is 82.3 Å². The number of hydrogen-bond acceptors (Lipinski definition) is 3. The topological polar surface area (TPSA) is 41.6 Å². The molecular weight excluding hydrogens is 358 g/mol. The van der Waals surface area contributed by atoms with Gasteiger partial charge in [0.2, 0.25) is 5.16 Å². The van der Waals surface area contributed by atoms with Gasteiger partial charge in [-0.05, 0) is 23.3 Å². The molecule has 0 amide bonds. The fourth-order valence-electron chi connectivity index (χ4n) is 1.89. The number of nitrogens with one attached hydrogen (secondary N) is 1. The molecular formula is C17H14BrN3S. The Labute approximate surface area is 142 Å². The lowest BCUT2D eigenvalue weighted by molar-refractivity contribution is 0.972. The zero-order chi connectivity index (χ0) is 15.2. The summed E-state index contributed by atoms with van der Waals surface area (Å²) in [7, 11) is 0. The lowest BCUT2D eigenvalue weighted by Crippen LogP contribution is -1.83. The molecule has 0 atom stereocenters. The van der Waals surface area contributed by atoms with E-state index in [1.807, 2.05) is 48.6 Å². The number of nitrogens with zero attached hydrogens (tertiary/aromatic N) is 2. The lowest BCUT2D eigenvalue weighted by atomic mass is 10.2. The second-order valence-corrected chi connectivity index (χ2v) is 6.42. The Morgan fingerprint density at radius 3 is 2.59 bits per heavy atom. The van der Waals surface area contributed by atoms with Crippen LogP contribution in [0.3, 0.4) is 0 Å². The largest absolute Gasteiger partial charge is 0.259 e. The average molecular weight is 372 g/mol. The molecule has 0 bridgehead atoms. The van der Waals surface area contributed by atoms with Crippen molar-refractivity contribution in [1.82, 2.24) is 15.2 Å². The van der Waals surface area contributed by atoms with E-state index in [0.717, 1.165) is 26.8 Å². The molecule has 110 valence electrons. The normalized spacial score (nSPS) is 11.1. The summed E-state index contributed by atoms with van der Waals surface area (Å²) in [4.78, 5) is 4.46. The summed E-state index contributed by atoms with van der Waals surface area (Å²) in [5, 5.41) is 7.93. The van der Waals surface area contributed by atoms with Crippen molar-refractivity contribution in [2.75, 3.05) is 0 Å². The molecule has 0 unspecified atom stereocenters. The summed E-state index contributed by atoms with van der Waals surface area (Å²) in [5.74, 6) is 1.60. The van der Waals surface area contributed by atoms with Gasteiger partial charge in [-0.2, -0.15) is 0 Å². The summed E-state index contributed by atoms with van der Waals surface area (Å²) >= 11 is 5.17. The highest BCUT2D eigenvalue weighted by Gasteiger charge is 2.04. The molecule has 0 saturated heterocycles. The van der Waals surface area contributed by atoms with Crippen LogP contribution in [0.2, 0.25) is 0 Å². The number of rotatable bonds is 5. The molecule has 0 radical (unpaired) electrons. The molecule has 3 aromatic rings. The highest BCUT2D eigenvalue weighted by Crippen LogP contribution is 2.24. The minimum atomic E-state index is 0.753. The predicted octanol–water partition coefficient (Wildman–Crippen LogP) is 5.03. The van der Waals surface area contributed by atoms with Gasteiger partial charge in [-0.3, -0.25) is 5.10 Å². The van der Waals surface area contributed by atoms with Crippen LogP contribution < -0.4 is 0 Å². The number of H-pyrrole nitrogens is 1. The Hall–Kier alpha value is -1.85. The van der Waals surface area contributed by atoms with E-state index in [2.05, 4.69) is 49.3 Å². The molecule has 0 aliphatic rings. The maximum Gasteiger partial charge on any atom is 0.209 e. The quantitative estimate of drug-likeness (QED) is 0.639. The van der Waals surface area contributed by atoms with E-state index >= 15 is 0 Å². The maximum atomic E-state index is 4.46. The van der Waals surface area contributed by atoms with Crippen LogP contribution >= 0.6 is 27.7 Å². The Bertz CT molecular complexity index is 768. The number of aromatic nitrogens is 3. The first kappa shape index (κ1) is 15.1. The third-order valence-electron chi connectivity index (χ3n) is 3.03. The Kier molecular flexibility index (Phi) is 5.08. The summed E-state index contributed by atoms with van der Waals surface area (Å²) in [6.07, 6.45) is 3.95. The highest BCUT2D eigenvalue weighted by molar-refractivity contribution is 9.10. The van der Waals surface area contributed by atoms with Gasteiger partial charge in [0.1, 0.15) is 5.82 Å². The Balaban J connectivity index is 1.62. The van der Waals surface area contributed by atoms with Crippen molar-refractivity contribution in [1.29, 1.82) is 0 Å². The summed E-state index contributed by atoms with van der Waals surface area (Å²) in [5.41, 5.74) is 2.37. The second-order valence-electron chi connectivity index (χ2n) is 4.63. The number of benzene rings is 2. The van der Waals surface area contributed by atoms with Gasteiger partial charge in [0.15, 0.2) is 0 Å². The van der Waals surface area contributed by atoms with Gasteiger partial charge in [-0.15, -0.1) is 5.10 Å². The van der Waals surface area contributed by atoms with Gasteiger partial charge in [0.05, 0.1) is 0 Å². The average Bonchev–Trinajstić information content (AvgIpc) is 3.01. The van der Waals surface area contributed by atoms with Crippen molar-refractivity contribution >= 4 is 39.8 Å². The molecule has 5 heteroatoms. The van der Waals surface area contributed by atoms with Crippen molar-refractivity contribution in [2.45, 2.75) is 10.9 Å². The van der Waals surface area contributed by atoms with E-state index in [-0.39, 0.29) is 0 Å². The standard InChI is InChI=1S/C17H14BrN3S/c18-15-9-5-4-8-14(15)12-22-17-19-16(20-21-17)11-10-13-6-2-1-3-7-13/h1-11H,12H2,(H,19,20,21)/b11-10+. The molecule has 0 fully saturated rings. The minimum absolute atomic E-state index is 0.753. The predicted molar refractivity (Wildman–Crippen MR) is 95.5 cm³/mol. The Morgan fingerprint density at radius 1 is 1.00 bits per heavy atom. The molecule has 0 spiro atoms. The maximum absolute atomic E-state index is 4.46. The van der Waals surface area contributed by atoms with Gasteiger partial charge in [-0.25, -0.2) is 4.98 Å². The van der Waals surface area contributed by atoms with E-state index in [0.29, 0.717) is 0 Å². The van der Waals surface area contributed by atoms with E-state index < -0.39 is 0 Å². The molecule has 1 N–H and O–H groups in total. The molecule has 1 aromatic heterocycles. The van der Waals surface area contributed by atoms with Crippen molar-refractivity contribution in [2.24, 2.45) is 0 Å². The summed E-state index contributed by atoms with van der Waals surface area (Å²) in [6.45, 7) is 0.